The van der Waals surface area contributed by atoms with Crippen LogP contribution >= 0.6 is 24.8 Å². The number of rotatable bonds is 12. The van der Waals surface area contributed by atoms with Crippen molar-refractivity contribution in [1.82, 2.24) is 14.5 Å². The minimum atomic E-state index is -1.09. The highest BCUT2D eigenvalue weighted by molar-refractivity contribution is 5.97. The molecular formula is C36H45Cl2N5O4. The Morgan fingerprint density at radius 2 is 1.64 bits per heavy atom. The average molecular weight is 683 g/mol. The summed E-state index contributed by atoms with van der Waals surface area (Å²) in [5.74, 6) is -0.547. The molecule has 0 radical (unpaired) electrons. The number of nitrogens with zero attached hydrogens (tertiary/aromatic N) is 3. The van der Waals surface area contributed by atoms with Gasteiger partial charge in [-0.3, -0.25) is 14.4 Å². The third kappa shape index (κ3) is 9.64. The molecule has 0 spiro atoms. The van der Waals surface area contributed by atoms with Gasteiger partial charge in [-0.2, -0.15) is 0 Å². The number of halogens is 2. The number of carbonyl (C=O) groups is 3. The van der Waals surface area contributed by atoms with Crippen molar-refractivity contribution in [1.29, 1.82) is 0 Å². The third-order valence-electron chi connectivity index (χ3n) is 8.55. The number of aromatic nitrogens is 2. The van der Waals surface area contributed by atoms with Crippen molar-refractivity contribution in [3.63, 3.8) is 0 Å². The number of imidazole rings is 1. The molecule has 1 aliphatic rings. The number of likely N-dealkylation sites (tertiary alicyclic amines) is 1. The van der Waals surface area contributed by atoms with Crippen LogP contribution in [0.2, 0.25) is 0 Å². The van der Waals surface area contributed by atoms with E-state index in [1.54, 1.807) is 30.9 Å². The number of anilines is 1. The van der Waals surface area contributed by atoms with E-state index in [1.807, 2.05) is 77.7 Å². The van der Waals surface area contributed by atoms with Gasteiger partial charge in [0, 0.05) is 25.7 Å². The van der Waals surface area contributed by atoms with Crippen LogP contribution in [0.3, 0.4) is 0 Å². The number of nitrogens with one attached hydrogen (secondary N) is 1. The minimum Gasteiger partial charge on any atom is -0.376 e. The predicted molar refractivity (Wildman–Crippen MR) is 190 cm³/mol. The number of nitrogens with two attached hydrogens (primary N) is 1. The molecular weight excluding hydrogens is 637 g/mol. The lowest BCUT2D eigenvalue weighted by molar-refractivity contribution is -0.134. The van der Waals surface area contributed by atoms with E-state index in [4.69, 9.17) is 10.5 Å². The van der Waals surface area contributed by atoms with Crippen LogP contribution in [0.5, 0.6) is 0 Å². The van der Waals surface area contributed by atoms with Gasteiger partial charge in [0.25, 0.3) is 0 Å². The lowest BCUT2D eigenvalue weighted by Gasteiger charge is -2.33. The Morgan fingerprint density at radius 1 is 0.979 bits per heavy atom. The molecule has 1 saturated heterocycles. The molecule has 1 unspecified atom stereocenters. The Bertz CT molecular complexity index is 1630. The number of amides is 2. The van der Waals surface area contributed by atoms with Gasteiger partial charge in [-0.15, -0.1) is 24.8 Å². The van der Waals surface area contributed by atoms with Crippen LogP contribution in [0, 0.1) is 11.8 Å². The molecule has 2 amide bonds. The van der Waals surface area contributed by atoms with Crippen molar-refractivity contribution in [2.75, 3.05) is 25.0 Å². The van der Waals surface area contributed by atoms with E-state index >= 15 is 0 Å². The van der Waals surface area contributed by atoms with Crippen LogP contribution < -0.4 is 11.1 Å². The lowest BCUT2D eigenvalue weighted by atomic mass is 9.91. The van der Waals surface area contributed by atoms with Gasteiger partial charge in [0.05, 0.1) is 31.0 Å². The fraction of sp³-hybridized carbons (Fsp3) is 0.389. The molecule has 0 saturated carbocycles. The summed E-state index contributed by atoms with van der Waals surface area (Å²) in [6, 6.07) is 23.0. The van der Waals surface area contributed by atoms with E-state index in [0.29, 0.717) is 25.6 Å². The van der Waals surface area contributed by atoms with Crippen LogP contribution in [-0.2, 0) is 25.7 Å². The number of ketones is 1. The molecule has 1 aliphatic heterocycles. The second-order valence-electron chi connectivity index (χ2n) is 12.7. The molecule has 5 rings (SSSR count). The number of carbonyl (C=O) groups excluding carboxylic acids is 3. The van der Waals surface area contributed by atoms with Gasteiger partial charge in [0.15, 0.2) is 11.6 Å². The summed E-state index contributed by atoms with van der Waals surface area (Å²) in [6.07, 6.45) is 5.12. The molecule has 2 heterocycles. The highest BCUT2D eigenvalue weighted by Crippen LogP contribution is 2.31. The van der Waals surface area contributed by atoms with Gasteiger partial charge in [-0.25, -0.2) is 4.98 Å². The molecule has 0 aliphatic carbocycles. The maximum Gasteiger partial charge on any atom is 0.250 e. The Kier molecular flexibility index (Phi) is 13.5. The van der Waals surface area contributed by atoms with Crippen LogP contribution in [0.1, 0.15) is 57.2 Å². The summed E-state index contributed by atoms with van der Waals surface area (Å²) in [7, 11) is 0. The second kappa shape index (κ2) is 16.9. The van der Waals surface area contributed by atoms with Gasteiger partial charge >= 0.3 is 0 Å². The van der Waals surface area contributed by atoms with Crippen LogP contribution in [0.15, 0.2) is 85.3 Å². The summed E-state index contributed by atoms with van der Waals surface area (Å²) < 4.78 is 7.64. The first kappa shape index (κ1) is 37.7. The normalized spacial score (nSPS) is 14.9. The molecule has 3 N–H and O–H groups in total. The number of ether oxygens (including phenoxy) is 1. The van der Waals surface area contributed by atoms with E-state index < -0.39 is 23.4 Å². The second-order valence-corrected chi connectivity index (χ2v) is 12.7. The zero-order chi connectivity index (χ0) is 32.0. The van der Waals surface area contributed by atoms with Crippen LogP contribution in [0.4, 0.5) is 5.82 Å². The van der Waals surface area contributed by atoms with Crippen molar-refractivity contribution >= 4 is 59.0 Å². The largest absolute Gasteiger partial charge is 0.376 e. The zero-order valence-corrected chi connectivity index (χ0v) is 28.8. The van der Waals surface area contributed by atoms with E-state index in [0.717, 1.165) is 34.7 Å². The molecule has 1 fully saturated rings. The van der Waals surface area contributed by atoms with Gasteiger partial charge in [-0.1, -0.05) is 79.7 Å². The number of Topliss-reactive ketones (excluding diaryl/α,β-unsaturated/α-hetero) is 1. The smallest absolute Gasteiger partial charge is 0.250 e. The number of hydrogen-bond acceptors (Lipinski definition) is 6. The van der Waals surface area contributed by atoms with Gasteiger partial charge < -0.3 is 25.3 Å². The summed E-state index contributed by atoms with van der Waals surface area (Å²) in [5, 5.41) is 4.90. The molecule has 3 aromatic carbocycles. The van der Waals surface area contributed by atoms with Crippen molar-refractivity contribution in [2.24, 2.45) is 17.6 Å². The van der Waals surface area contributed by atoms with Crippen molar-refractivity contribution in [3.8, 4) is 0 Å². The maximum absolute atomic E-state index is 14.2. The lowest BCUT2D eigenvalue weighted by Crippen LogP contribution is -2.44. The number of hydrogen-bond donors (Lipinski definition) is 2. The average Bonchev–Trinajstić information content (AvgIpc) is 3.48. The molecule has 47 heavy (non-hydrogen) atoms. The predicted octanol–water partition coefficient (Wildman–Crippen LogP) is 6.20. The first-order chi connectivity index (χ1) is 21.6. The van der Waals surface area contributed by atoms with E-state index in [-0.39, 0.29) is 55.4 Å². The number of piperidine rings is 1. The zero-order valence-electron chi connectivity index (χ0n) is 27.1. The highest BCUT2D eigenvalue weighted by Gasteiger charge is 2.32. The topological polar surface area (TPSA) is 120 Å². The van der Waals surface area contributed by atoms with Gasteiger partial charge in [0.1, 0.15) is 6.04 Å². The molecule has 11 heteroatoms. The maximum atomic E-state index is 14.2. The van der Waals surface area contributed by atoms with E-state index in [2.05, 4.69) is 17.2 Å². The summed E-state index contributed by atoms with van der Waals surface area (Å²) in [4.78, 5) is 47.0. The molecule has 1 aromatic heterocycles. The summed E-state index contributed by atoms with van der Waals surface area (Å²) in [6.45, 7) is 7.23. The number of benzene rings is 3. The molecule has 9 nitrogen and oxygen atoms in total. The fourth-order valence-electron chi connectivity index (χ4n) is 5.69. The summed E-state index contributed by atoms with van der Waals surface area (Å²) >= 11 is 0. The van der Waals surface area contributed by atoms with Gasteiger partial charge in [0.2, 0.25) is 11.8 Å². The Balaban J connectivity index is 0.00000300. The monoisotopic (exact) mass is 681 g/mol. The Hall–Kier alpha value is -3.76. The Labute approximate surface area is 289 Å². The third-order valence-corrected chi connectivity index (χ3v) is 8.55. The molecule has 252 valence electrons. The fourth-order valence-corrected chi connectivity index (χ4v) is 5.69. The first-order valence-electron chi connectivity index (χ1n) is 15.6. The van der Waals surface area contributed by atoms with E-state index in [1.165, 1.54) is 0 Å². The summed E-state index contributed by atoms with van der Waals surface area (Å²) in [5.41, 5.74) is 6.81. The SMILES string of the molecule is CC1CCN(C(=O)C(c2cccc3ccccc23)n2cnc(NC(=O)[C@@H](COCc3ccccc3)CC(=O)C(C)(C)N)c2)CC1.Cl.Cl. The first-order valence-corrected chi connectivity index (χ1v) is 15.6. The number of fused-ring (bicyclic) bond motifs is 1. The van der Waals surface area contributed by atoms with Crippen molar-refractivity contribution in [2.45, 2.75) is 58.2 Å². The molecule has 4 aromatic rings. The molecule has 2 atom stereocenters. The quantitative estimate of drug-likeness (QED) is 0.184. The Morgan fingerprint density at radius 3 is 2.34 bits per heavy atom. The van der Waals surface area contributed by atoms with Crippen LogP contribution in [0.25, 0.3) is 10.8 Å². The van der Waals surface area contributed by atoms with Crippen molar-refractivity contribution < 1.29 is 19.1 Å². The molecule has 0 bridgehead atoms. The van der Waals surface area contributed by atoms with Gasteiger partial charge in [-0.05, 0) is 54.5 Å². The van der Waals surface area contributed by atoms with E-state index in [9.17, 15) is 14.4 Å². The standard InChI is InChI=1S/C36H43N5O4.2ClH/c1-25-16-18-40(19-17-25)35(44)33(30-15-9-13-27-12-7-8-14-29(27)30)41-21-32(38-24-41)39-34(43)28(20-31(42)36(2,3)37)23-45-22-26-10-5-4-6-11-26;;/h4-15,21,24-25,28,33H,16-20,22-23,37H2,1-3H3,(H,39,43);2*1H/t28-,33?;;/m1../s1. The minimum absolute atomic E-state index is 0. The van der Waals surface area contributed by atoms with Crippen molar-refractivity contribution in [3.05, 3.63) is 96.4 Å². The highest BCUT2D eigenvalue weighted by atomic mass is 35.5. The van der Waals surface area contributed by atoms with Crippen LogP contribution in [-0.4, -0.2) is 57.3 Å².